The second-order valence-electron chi connectivity index (χ2n) is 7.75. The third kappa shape index (κ3) is 6.07. The van der Waals surface area contributed by atoms with Crippen molar-refractivity contribution in [2.75, 3.05) is 20.3 Å². The smallest absolute Gasteiger partial charge is 0.258 e. The number of imidazole rings is 1. The lowest BCUT2D eigenvalue weighted by atomic mass is 10.3. The number of hydrogen-bond donors (Lipinski definition) is 1. The largest absolute Gasteiger partial charge is 0.493 e. The van der Waals surface area contributed by atoms with Crippen LogP contribution in [0.15, 0.2) is 78.9 Å². The van der Waals surface area contributed by atoms with Crippen molar-refractivity contribution in [1.82, 2.24) is 14.9 Å². The predicted molar refractivity (Wildman–Crippen MR) is 131 cm³/mol. The SMILES string of the molecule is COc1ccccc1OCCCCn1c(CNC(=O)COc2ccccc2)nc2ccccc21. The zero-order valence-electron chi connectivity index (χ0n) is 19.3. The van der Waals surface area contributed by atoms with Crippen LogP contribution in [0.25, 0.3) is 11.0 Å². The number of nitrogens with zero attached hydrogens (tertiary/aromatic N) is 2. The maximum atomic E-state index is 12.3. The number of carbonyl (C=O) groups is 1. The number of nitrogens with one attached hydrogen (secondary N) is 1. The summed E-state index contributed by atoms with van der Waals surface area (Å²) >= 11 is 0. The molecule has 0 aliphatic carbocycles. The number of unbranched alkanes of at least 4 members (excludes halogenated alkanes) is 1. The summed E-state index contributed by atoms with van der Waals surface area (Å²) in [6.07, 6.45) is 1.79. The Hall–Kier alpha value is -4.00. The minimum absolute atomic E-state index is 0.0372. The molecule has 1 amide bonds. The van der Waals surface area contributed by atoms with Gasteiger partial charge >= 0.3 is 0 Å². The Labute approximate surface area is 199 Å². The number of hydrogen-bond acceptors (Lipinski definition) is 5. The van der Waals surface area contributed by atoms with Crippen LogP contribution in [0.3, 0.4) is 0 Å². The molecule has 0 radical (unpaired) electrons. The fraction of sp³-hybridized carbons (Fsp3) is 0.259. The van der Waals surface area contributed by atoms with Gasteiger partial charge in [0.15, 0.2) is 18.1 Å². The van der Waals surface area contributed by atoms with Crippen LogP contribution in [-0.2, 0) is 17.9 Å². The van der Waals surface area contributed by atoms with Crippen molar-refractivity contribution in [2.24, 2.45) is 0 Å². The number of fused-ring (bicyclic) bond motifs is 1. The van der Waals surface area contributed by atoms with Crippen LogP contribution in [0, 0.1) is 0 Å². The fourth-order valence-electron chi connectivity index (χ4n) is 3.70. The molecule has 0 spiro atoms. The number of methoxy groups -OCH3 is 1. The summed E-state index contributed by atoms with van der Waals surface area (Å²) in [6, 6.07) is 25.0. The molecule has 0 bridgehead atoms. The molecule has 0 saturated heterocycles. The molecule has 1 aromatic heterocycles. The minimum atomic E-state index is -0.187. The molecule has 4 aromatic rings. The quantitative estimate of drug-likeness (QED) is 0.314. The Bertz CT molecular complexity index is 1210. The van der Waals surface area contributed by atoms with Gasteiger partial charge in [0.05, 0.1) is 31.3 Å². The van der Waals surface area contributed by atoms with Crippen molar-refractivity contribution in [2.45, 2.75) is 25.9 Å². The zero-order chi connectivity index (χ0) is 23.6. The molecule has 7 heteroatoms. The summed E-state index contributed by atoms with van der Waals surface area (Å²) < 4.78 is 18.9. The summed E-state index contributed by atoms with van der Waals surface area (Å²) in [5.41, 5.74) is 1.97. The van der Waals surface area contributed by atoms with E-state index in [0.29, 0.717) is 18.9 Å². The van der Waals surface area contributed by atoms with Gasteiger partial charge in [-0.3, -0.25) is 4.79 Å². The van der Waals surface area contributed by atoms with Crippen LogP contribution in [-0.4, -0.2) is 35.8 Å². The number of ether oxygens (including phenoxy) is 3. The van der Waals surface area contributed by atoms with Crippen LogP contribution in [0.1, 0.15) is 18.7 Å². The second kappa shape index (κ2) is 11.7. The number of amides is 1. The van der Waals surface area contributed by atoms with Crippen LogP contribution in [0.4, 0.5) is 0 Å². The topological polar surface area (TPSA) is 74.6 Å². The van der Waals surface area contributed by atoms with E-state index in [-0.39, 0.29) is 12.5 Å². The molecule has 34 heavy (non-hydrogen) atoms. The van der Waals surface area contributed by atoms with Crippen molar-refractivity contribution < 1.29 is 19.0 Å². The van der Waals surface area contributed by atoms with Crippen molar-refractivity contribution in [3.05, 3.63) is 84.7 Å². The van der Waals surface area contributed by atoms with Crippen LogP contribution < -0.4 is 19.5 Å². The van der Waals surface area contributed by atoms with Crippen molar-refractivity contribution >= 4 is 16.9 Å². The Balaban J connectivity index is 1.31. The Morgan fingerprint density at radius 1 is 0.882 bits per heavy atom. The van der Waals surface area contributed by atoms with Crippen molar-refractivity contribution in [3.63, 3.8) is 0 Å². The molecule has 4 rings (SSSR count). The highest BCUT2D eigenvalue weighted by Gasteiger charge is 2.12. The van der Waals surface area contributed by atoms with Crippen molar-refractivity contribution in [3.8, 4) is 17.2 Å². The summed E-state index contributed by atoms with van der Waals surface area (Å²) in [6.45, 7) is 1.67. The first kappa shape index (κ1) is 23.2. The van der Waals surface area contributed by atoms with Gasteiger partial charge in [-0.2, -0.15) is 0 Å². The van der Waals surface area contributed by atoms with Crippen LogP contribution >= 0.6 is 0 Å². The summed E-state index contributed by atoms with van der Waals surface area (Å²) in [7, 11) is 1.64. The van der Waals surface area contributed by atoms with E-state index < -0.39 is 0 Å². The Kier molecular flexibility index (Phi) is 8.00. The molecule has 0 aliphatic rings. The van der Waals surface area contributed by atoms with E-state index in [1.807, 2.05) is 72.8 Å². The number of benzene rings is 3. The van der Waals surface area contributed by atoms with E-state index in [0.717, 1.165) is 47.7 Å². The molecule has 7 nitrogen and oxygen atoms in total. The predicted octanol–water partition coefficient (Wildman–Crippen LogP) is 4.60. The summed E-state index contributed by atoms with van der Waals surface area (Å²) in [4.78, 5) is 17.0. The fourth-order valence-corrected chi connectivity index (χ4v) is 3.70. The van der Waals surface area contributed by atoms with Crippen LogP contribution in [0.5, 0.6) is 17.2 Å². The molecule has 0 saturated carbocycles. The second-order valence-corrected chi connectivity index (χ2v) is 7.75. The first-order valence-corrected chi connectivity index (χ1v) is 11.4. The normalized spacial score (nSPS) is 10.7. The van der Waals surface area contributed by atoms with Gasteiger partial charge in [-0.1, -0.05) is 42.5 Å². The average Bonchev–Trinajstić information content (AvgIpc) is 3.24. The zero-order valence-corrected chi connectivity index (χ0v) is 19.3. The molecule has 1 N–H and O–H groups in total. The molecular weight excluding hydrogens is 430 g/mol. The highest BCUT2D eigenvalue weighted by atomic mass is 16.5. The van der Waals surface area contributed by atoms with E-state index in [4.69, 9.17) is 19.2 Å². The molecule has 3 aromatic carbocycles. The maximum Gasteiger partial charge on any atom is 0.258 e. The highest BCUT2D eigenvalue weighted by molar-refractivity contribution is 5.78. The number of aromatic nitrogens is 2. The number of para-hydroxylation sites is 5. The average molecular weight is 460 g/mol. The monoisotopic (exact) mass is 459 g/mol. The molecule has 176 valence electrons. The van der Waals surface area contributed by atoms with E-state index >= 15 is 0 Å². The van der Waals surface area contributed by atoms with E-state index in [1.165, 1.54) is 0 Å². The lowest BCUT2D eigenvalue weighted by Gasteiger charge is -2.12. The Morgan fingerprint density at radius 3 is 2.44 bits per heavy atom. The summed E-state index contributed by atoms with van der Waals surface area (Å²) in [5, 5.41) is 2.92. The summed E-state index contributed by atoms with van der Waals surface area (Å²) in [5.74, 6) is 2.78. The maximum absolute atomic E-state index is 12.3. The van der Waals surface area contributed by atoms with E-state index in [1.54, 1.807) is 7.11 Å². The lowest BCUT2D eigenvalue weighted by molar-refractivity contribution is -0.123. The van der Waals surface area contributed by atoms with Gasteiger partial charge < -0.3 is 24.1 Å². The van der Waals surface area contributed by atoms with Gasteiger partial charge in [-0.05, 0) is 49.2 Å². The first-order chi connectivity index (χ1) is 16.7. The van der Waals surface area contributed by atoms with E-state index in [2.05, 4.69) is 16.0 Å². The third-order valence-electron chi connectivity index (χ3n) is 5.39. The highest BCUT2D eigenvalue weighted by Crippen LogP contribution is 2.26. The van der Waals surface area contributed by atoms with Gasteiger partial charge in [0, 0.05) is 6.54 Å². The first-order valence-electron chi connectivity index (χ1n) is 11.4. The number of aryl methyl sites for hydroxylation is 1. The van der Waals surface area contributed by atoms with E-state index in [9.17, 15) is 4.79 Å². The Morgan fingerprint density at radius 2 is 1.62 bits per heavy atom. The van der Waals surface area contributed by atoms with Crippen LogP contribution in [0.2, 0.25) is 0 Å². The standard InChI is InChI=1S/C27H29N3O4/c1-32-24-15-7-8-16-25(24)33-18-10-9-17-30-23-14-6-5-13-22(23)29-26(30)19-28-27(31)20-34-21-11-3-2-4-12-21/h2-8,11-16H,9-10,17-20H2,1H3,(H,28,31). The van der Waals surface area contributed by atoms with Gasteiger partial charge in [-0.25, -0.2) is 4.98 Å². The van der Waals surface area contributed by atoms with Gasteiger partial charge in [0.1, 0.15) is 11.6 Å². The van der Waals surface area contributed by atoms with Gasteiger partial charge in [0.25, 0.3) is 5.91 Å². The minimum Gasteiger partial charge on any atom is -0.493 e. The van der Waals surface area contributed by atoms with Gasteiger partial charge in [0.2, 0.25) is 0 Å². The van der Waals surface area contributed by atoms with Crippen molar-refractivity contribution in [1.29, 1.82) is 0 Å². The van der Waals surface area contributed by atoms with Gasteiger partial charge in [-0.15, -0.1) is 0 Å². The number of rotatable bonds is 12. The molecule has 1 heterocycles. The third-order valence-corrected chi connectivity index (χ3v) is 5.39. The number of carbonyl (C=O) groups excluding carboxylic acids is 1. The molecule has 0 aliphatic heterocycles. The lowest BCUT2D eigenvalue weighted by Crippen LogP contribution is -2.29. The molecular formula is C27H29N3O4. The molecule has 0 unspecified atom stereocenters. The molecule has 0 fully saturated rings. The molecule has 0 atom stereocenters.